The Morgan fingerprint density at radius 2 is 1.37 bits per heavy atom. The van der Waals surface area contributed by atoms with Crippen molar-refractivity contribution in [3.8, 4) is 0 Å². The van der Waals surface area contributed by atoms with E-state index in [1.165, 1.54) is 49.8 Å². The molecule has 254 valence electrons. The van der Waals surface area contributed by atoms with Gasteiger partial charge in [0.25, 0.3) is 0 Å². The van der Waals surface area contributed by atoms with Gasteiger partial charge in [-0.2, -0.15) is 0 Å². The van der Waals surface area contributed by atoms with Gasteiger partial charge in [-0.25, -0.2) is 0 Å². The molecule has 0 spiro atoms. The number of nitrogens with two attached hydrogens (primary N) is 1. The predicted octanol–water partition coefficient (Wildman–Crippen LogP) is 10.9. The van der Waals surface area contributed by atoms with E-state index in [2.05, 4.69) is 107 Å². The molecule has 0 heterocycles. The lowest BCUT2D eigenvalue weighted by molar-refractivity contribution is -0.0569. The van der Waals surface area contributed by atoms with Crippen LogP contribution in [0.1, 0.15) is 160 Å². The van der Waals surface area contributed by atoms with Crippen LogP contribution in [-0.4, -0.2) is 25.3 Å². The third-order valence-electron chi connectivity index (χ3n) is 8.59. The summed E-state index contributed by atoms with van der Waals surface area (Å²) >= 11 is 0. The Morgan fingerprint density at radius 1 is 0.767 bits per heavy atom. The van der Waals surface area contributed by atoms with Crippen molar-refractivity contribution in [2.75, 3.05) is 19.7 Å². The average Bonchev–Trinajstić information content (AvgIpc) is 2.83. The summed E-state index contributed by atoms with van der Waals surface area (Å²) in [5, 5.41) is 7.05. The van der Waals surface area contributed by atoms with Crippen molar-refractivity contribution in [2.45, 2.75) is 166 Å². The first kappa shape index (κ1) is 41.6. The molecule has 43 heavy (non-hydrogen) atoms. The summed E-state index contributed by atoms with van der Waals surface area (Å²) < 4.78 is 6.35. The van der Waals surface area contributed by atoms with Gasteiger partial charge in [0.05, 0.1) is 12.2 Å². The van der Waals surface area contributed by atoms with Crippen molar-refractivity contribution >= 4 is 0 Å². The lowest BCUT2D eigenvalue weighted by Gasteiger charge is -2.35. The van der Waals surface area contributed by atoms with Crippen LogP contribution in [0.4, 0.5) is 0 Å². The topological polar surface area (TPSA) is 59.3 Å². The zero-order valence-corrected chi connectivity index (χ0v) is 31.2. The molecule has 4 nitrogen and oxygen atoms in total. The smallest absolute Gasteiger partial charge is 0.0663 e. The molecule has 0 aliphatic rings. The Morgan fingerprint density at radius 3 is 1.98 bits per heavy atom. The number of allylic oxidation sites excluding steroid dienone is 2. The summed E-state index contributed by atoms with van der Waals surface area (Å²) in [6.45, 7) is 38.7. The van der Waals surface area contributed by atoms with E-state index in [1.807, 2.05) is 6.20 Å². The summed E-state index contributed by atoms with van der Waals surface area (Å²) in [6.07, 6.45) is 15.9. The molecule has 0 aromatic carbocycles. The summed E-state index contributed by atoms with van der Waals surface area (Å²) in [7, 11) is 0. The molecular weight excluding hydrogens is 526 g/mol. The lowest BCUT2D eigenvalue weighted by atomic mass is 9.71. The van der Waals surface area contributed by atoms with E-state index >= 15 is 0 Å². The van der Waals surface area contributed by atoms with Crippen molar-refractivity contribution in [3.05, 3.63) is 36.3 Å². The van der Waals surface area contributed by atoms with Crippen LogP contribution in [0.5, 0.6) is 0 Å². The SMILES string of the molecule is C=C(CCCCCC(C)C)NCCCC(C)(C)CC(C)(C)C/C(N)=C/NCCCC(C)(C)COC(C)(C)CC(=C)C(C)C. The van der Waals surface area contributed by atoms with E-state index in [0.717, 1.165) is 69.8 Å². The minimum Gasteiger partial charge on any atom is -0.401 e. The summed E-state index contributed by atoms with van der Waals surface area (Å²) in [5.41, 5.74) is 10.3. The minimum atomic E-state index is -0.173. The van der Waals surface area contributed by atoms with Crippen LogP contribution in [0.2, 0.25) is 0 Å². The highest BCUT2D eigenvalue weighted by atomic mass is 16.5. The third kappa shape index (κ3) is 23.6. The van der Waals surface area contributed by atoms with Gasteiger partial charge in [-0.3, -0.25) is 0 Å². The maximum absolute atomic E-state index is 6.48. The summed E-state index contributed by atoms with van der Waals surface area (Å²) in [5.74, 6) is 1.31. The summed E-state index contributed by atoms with van der Waals surface area (Å²) in [6, 6.07) is 0. The second kappa shape index (κ2) is 19.9. The van der Waals surface area contributed by atoms with Crippen molar-refractivity contribution in [2.24, 2.45) is 33.8 Å². The highest BCUT2D eigenvalue weighted by molar-refractivity contribution is 5.02. The molecule has 0 aromatic heterocycles. The molecule has 0 unspecified atom stereocenters. The van der Waals surface area contributed by atoms with E-state index in [4.69, 9.17) is 10.5 Å². The second-order valence-electron chi connectivity index (χ2n) is 17.3. The largest absolute Gasteiger partial charge is 0.401 e. The van der Waals surface area contributed by atoms with Crippen LogP contribution in [0, 0.1) is 28.1 Å². The van der Waals surface area contributed by atoms with E-state index < -0.39 is 0 Å². The predicted molar refractivity (Wildman–Crippen MR) is 193 cm³/mol. The van der Waals surface area contributed by atoms with Crippen LogP contribution in [-0.2, 0) is 4.74 Å². The van der Waals surface area contributed by atoms with Crippen molar-refractivity contribution in [3.63, 3.8) is 0 Å². The fourth-order valence-corrected chi connectivity index (χ4v) is 6.18. The number of unbranched alkanes of at least 4 members (excludes halogenated alkanes) is 2. The Balaban J connectivity index is 4.34. The van der Waals surface area contributed by atoms with Crippen LogP contribution >= 0.6 is 0 Å². The Labute approximate surface area is 270 Å². The molecule has 0 radical (unpaired) electrons. The van der Waals surface area contributed by atoms with Gasteiger partial charge in [-0.1, -0.05) is 107 Å². The number of ether oxygens (including phenoxy) is 1. The maximum Gasteiger partial charge on any atom is 0.0663 e. The molecule has 4 N–H and O–H groups in total. The maximum atomic E-state index is 6.48. The first-order valence-electron chi connectivity index (χ1n) is 17.6. The van der Waals surface area contributed by atoms with E-state index in [0.29, 0.717) is 5.92 Å². The van der Waals surface area contributed by atoms with E-state index in [-0.39, 0.29) is 21.8 Å². The molecule has 0 saturated heterocycles. The summed E-state index contributed by atoms with van der Waals surface area (Å²) in [4.78, 5) is 0. The third-order valence-corrected chi connectivity index (χ3v) is 8.59. The van der Waals surface area contributed by atoms with Crippen LogP contribution in [0.15, 0.2) is 36.3 Å². The number of rotatable bonds is 26. The Kier molecular flexibility index (Phi) is 19.2. The van der Waals surface area contributed by atoms with Gasteiger partial charge in [-0.05, 0) is 99.7 Å². The quantitative estimate of drug-likeness (QED) is 0.0680. The highest BCUT2D eigenvalue weighted by Gasteiger charge is 2.29. The molecule has 0 fully saturated rings. The molecule has 0 rings (SSSR count). The van der Waals surface area contributed by atoms with Crippen LogP contribution in [0.25, 0.3) is 0 Å². The van der Waals surface area contributed by atoms with Gasteiger partial charge in [0, 0.05) is 30.7 Å². The van der Waals surface area contributed by atoms with Gasteiger partial charge in [0.2, 0.25) is 0 Å². The molecule has 0 aliphatic carbocycles. The van der Waals surface area contributed by atoms with Gasteiger partial charge < -0.3 is 21.1 Å². The number of nitrogens with one attached hydrogen (secondary N) is 2. The van der Waals surface area contributed by atoms with Crippen LogP contribution in [0.3, 0.4) is 0 Å². The highest BCUT2D eigenvalue weighted by Crippen LogP contribution is 2.40. The zero-order chi connectivity index (χ0) is 33.3. The fraction of sp³-hybridized carbons (Fsp3) is 0.846. The van der Waals surface area contributed by atoms with Crippen molar-refractivity contribution in [1.82, 2.24) is 10.6 Å². The molecule has 0 amide bonds. The van der Waals surface area contributed by atoms with Gasteiger partial charge in [0.1, 0.15) is 0 Å². The van der Waals surface area contributed by atoms with Gasteiger partial charge in [-0.15, -0.1) is 0 Å². The Bertz CT molecular complexity index is 816. The second-order valence-corrected chi connectivity index (χ2v) is 17.3. The monoisotopic (exact) mass is 604 g/mol. The Hall–Kier alpha value is -1.42. The van der Waals surface area contributed by atoms with Gasteiger partial charge >= 0.3 is 0 Å². The normalized spacial score (nSPS) is 13.6. The standard InChI is InChI=1S/C39H77N3O/c1-31(2)20-16-15-17-21-34(6)42-25-19-22-36(7,8)29-38(11,12)27-35(40)28-41-24-18-23-37(9,10)30-43-39(13,14)26-33(5)32(3)4/h28,31-32,41-42H,5-6,15-27,29-30,40H2,1-4,7-14H3/b35-28-. The molecule has 4 heteroatoms. The first-order valence-corrected chi connectivity index (χ1v) is 17.6. The fourth-order valence-electron chi connectivity index (χ4n) is 6.18. The zero-order valence-electron chi connectivity index (χ0n) is 31.2. The molecular formula is C39H77N3O. The minimum absolute atomic E-state index is 0.136. The van der Waals surface area contributed by atoms with Crippen molar-refractivity contribution < 1.29 is 4.74 Å². The van der Waals surface area contributed by atoms with Gasteiger partial charge in [0.15, 0.2) is 0 Å². The molecule has 0 atom stereocenters. The molecule has 0 aromatic rings. The average molecular weight is 604 g/mol. The lowest BCUT2D eigenvalue weighted by Crippen LogP contribution is -2.32. The number of hydrogen-bond acceptors (Lipinski definition) is 4. The van der Waals surface area contributed by atoms with Crippen molar-refractivity contribution in [1.29, 1.82) is 0 Å². The van der Waals surface area contributed by atoms with E-state index in [1.54, 1.807) is 0 Å². The molecule has 0 aliphatic heterocycles. The molecule has 0 saturated carbocycles. The van der Waals surface area contributed by atoms with E-state index in [9.17, 15) is 0 Å². The first-order chi connectivity index (χ1) is 19.7. The van der Waals surface area contributed by atoms with Crippen LogP contribution < -0.4 is 16.4 Å². The molecule has 0 bridgehead atoms. The number of hydrogen-bond donors (Lipinski definition) is 3.